The smallest absolute Gasteiger partial charge is 0.322 e. The van der Waals surface area contributed by atoms with Crippen molar-refractivity contribution in [1.82, 2.24) is 4.72 Å². The van der Waals surface area contributed by atoms with E-state index in [2.05, 4.69) is 6.58 Å². The van der Waals surface area contributed by atoms with Gasteiger partial charge in [0.15, 0.2) is 11.5 Å². The molecule has 1 aromatic rings. The van der Waals surface area contributed by atoms with Gasteiger partial charge in [-0.05, 0) is 24.1 Å². The van der Waals surface area contributed by atoms with Gasteiger partial charge in [0.2, 0.25) is 10.0 Å². The molecule has 0 amide bonds. The van der Waals surface area contributed by atoms with Gasteiger partial charge < -0.3 is 15.3 Å². The Morgan fingerprint density at radius 3 is 2.50 bits per heavy atom. The van der Waals surface area contributed by atoms with E-state index in [1.165, 1.54) is 18.2 Å². The number of carbonyl (C=O) groups is 1. The maximum Gasteiger partial charge on any atom is 0.322 e. The number of aromatic hydroxyl groups is 2. The average molecular weight is 301 g/mol. The van der Waals surface area contributed by atoms with E-state index >= 15 is 0 Å². The van der Waals surface area contributed by atoms with Crippen LogP contribution in [-0.4, -0.2) is 41.5 Å². The van der Waals surface area contributed by atoms with Crippen LogP contribution < -0.4 is 4.72 Å². The predicted octanol–water partition coefficient (Wildman–Crippen LogP) is 0.199. The Kier molecular flexibility index (Phi) is 5.12. The number of hydrogen-bond acceptors (Lipinski definition) is 5. The van der Waals surface area contributed by atoms with Crippen molar-refractivity contribution in [2.24, 2.45) is 0 Å². The monoisotopic (exact) mass is 301 g/mol. The summed E-state index contributed by atoms with van der Waals surface area (Å²) in [7, 11) is -3.78. The van der Waals surface area contributed by atoms with Gasteiger partial charge in [-0.3, -0.25) is 4.79 Å². The van der Waals surface area contributed by atoms with E-state index in [0.29, 0.717) is 5.56 Å². The molecule has 0 aliphatic rings. The lowest BCUT2D eigenvalue weighted by Crippen LogP contribution is -2.43. The van der Waals surface area contributed by atoms with Crippen LogP contribution in [-0.2, 0) is 21.2 Å². The van der Waals surface area contributed by atoms with Crippen molar-refractivity contribution in [2.75, 3.05) is 5.75 Å². The average Bonchev–Trinajstić information content (AvgIpc) is 2.32. The fourth-order valence-corrected chi connectivity index (χ4v) is 2.56. The first-order valence-corrected chi connectivity index (χ1v) is 7.25. The Bertz CT molecular complexity index is 610. The summed E-state index contributed by atoms with van der Waals surface area (Å²) >= 11 is 0. The fraction of sp³-hybridized carbons (Fsp3) is 0.250. The van der Waals surface area contributed by atoms with Crippen molar-refractivity contribution in [3.05, 3.63) is 36.4 Å². The van der Waals surface area contributed by atoms with E-state index in [9.17, 15) is 18.3 Å². The molecule has 0 unspecified atom stereocenters. The normalized spacial score (nSPS) is 12.8. The molecule has 20 heavy (non-hydrogen) atoms. The third-order valence-corrected chi connectivity index (χ3v) is 3.76. The molecule has 1 aromatic carbocycles. The van der Waals surface area contributed by atoms with Crippen LogP contribution >= 0.6 is 0 Å². The molecule has 4 N–H and O–H groups in total. The van der Waals surface area contributed by atoms with E-state index in [0.717, 1.165) is 6.08 Å². The van der Waals surface area contributed by atoms with Gasteiger partial charge in [-0.15, -0.1) is 6.58 Å². The van der Waals surface area contributed by atoms with Crippen LogP contribution in [0, 0.1) is 0 Å². The van der Waals surface area contributed by atoms with Gasteiger partial charge in [0.05, 0.1) is 5.75 Å². The zero-order valence-corrected chi connectivity index (χ0v) is 11.3. The Hall–Kier alpha value is -2.06. The highest BCUT2D eigenvalue weighted by atomic mass is 32.2. The topological polar surface area (TPSA) is 124 Å². The van der Waals surface area contributed by atoms with Crippen molar-refractivity contribution >= 4 is 16.0 Å². The highest BCUT2D eigenvalue weighted by molar-refractivity contribution is 7.89. The number of carboxylic acid groups (broad SMARTS) is 1. The highest BCUT2D eigenvalue weighted by Crippen LogP contribution is 2.25. The molecule has 0 aliphatic carbocycles. The Balaban J connectivity index is 2.90. The molecular weight excluding hydrogens is 286 g/mol. The van der Waals surface area contributed by atoms with Crippen molar-refractivity contribution in [1.29, 1.82) is 0 Å². The summed E-state index contributed by atoms with van der Waals surface area (Å²) in [6.07, 6.45) is 0.979. The van der Waals surface area contributed by atoms with Crippen LogP contribution in [0.25, 0.3) is 0 Å². The number of phenolic OH excluding ortho intramolecular Hbond substituents is 2. The molecule has 1 atom stereocenters. The van der Waals surface area contributed by atoms with Crippen LogP contribution in [0.4, 0.5) is 0 Å². The molecule has 0 spiro atoms. The summed E-state index contributed by atoms with van der Waals surface area (Å²) in [5, 5.41) is 27.5. The number of carboxylic acids is 1. The predicted molar refractivity (Wildman–Crippen MR) is 72.0 cm³/mol. The lowest BCUT2D eigenvalue weighted by molar-refractivity contribution is -0.138. The van der Waals surface area contributed by atoms with Crippen molar-refractivity contribution < 1.29 is 28.5 Å². The maximum absolute atomic E-state index is 11.5. The molecule has 0 saturated carbocycles. The number of rotatable bonds is 7. The summed E-state index contributed by atoms with van der Waals surface area (Å²) in [4.78, 5) is 11.1. The molecule has 7 nitrogen and oxygen atoms in total. The second-order valence-electron chi connectivity index (χ2n) is 4.11. The Morgan fingerprint density at radius 2 is 2.00 bits per heavy atom. The van der Waals surface area contributed by atoms with Crippen LogP contribution in [0.2, 0.25) is 0 Å². The SMILES string of the molecule is C=CCS(=O)(=O)N[C@@H](Cc1ccc(O)c(O)c1)C(=O)O. The third-order valence-electron chi connectivity index (χ3n) is 2.44. The van der Waals surface area contributed by atoms with E-state index in [4.69, 9.17) is 10.2 Å². The van der Waals surface area contributed by atoms with E-state index in [-0.39, 0.29) is 12.2 Å². The quantitative estimate of drug-likeness (QED) is 0.421. The summed E-state index contributed by atoms with van der Waals surface area (Å²) in [6.45, 7) is 3.28. The lowest BCUT2D eigenvalue weighted by Gasteiger charge is -2.14. The van der Waals surface area contributed by atoms with Crippen LogP contribution in [0.3, 0.4) is 0 Å². The molecule has 0 saturated heterocycles. The molecule has 110 valence electrons. The number of aliphatic carboxylic acids is 1. The minimum absolute atomic E-state index is 0.167. The number of nitrogens with one attached hydrogen (secondary N) is 1. The van der Waals surface area contributed by atoms with Crippen molar-refractivity contribution in [2.45, 2.75) is 12.5 Å². The van der Waals surface area contributed by atoms with Crippen LogP contribution in [0.15, 0.2) is 30.9 Å². The molecule has 0 aliphatic heterocycles. The van der Waals surface area contributed by atoms with E-state index < -0.39 is 33.5 Å². The first-order valence-electron chi connectivity index (χ1n) is 5.59. The summed E-state index contributed by atoms with van der Waals surface area (Å²) in [5.41, 5.74) is 0.369. The third kappa shape index (κ3) is 4.56. The fourth-order valence-electron chi connectivity index (χ4n) is 1.53. The highest BCUT2D eigenvalue weighted by Gasteiger charge is 2.23. The van der Waals surface area contributed by atoms with Crippen LogP contribution in [0.5, 0.6) is 11.5 Å². The minimum atomic E-state index is -3.78. The Morgan fingerprint density at radius 1 is 1.35 bits per heavy atom. The zero-order chi connectivity index (χ0) is 15.3. The summed E-state index contributed by atoms with van der Waals surface area (Å²) < 4.78 is 25.1. The van der Waals surface area contributed by atoms with E-state index in [1.54, 1.807) is 0 Å². The van der Waals surface area contributed by atoms with Crippen molar-refractivity contribution in [3.8, 4) is 11.5 Å². The van der Waals surface area contributed by atoms with Gasteiger partial charge in [0.1, 0.15) is 6.04 Å². The molecule has 0 heterocycles. The number of sulfonamides is 1. The number of benzene rings is 1. The van der Waals surface area contributed by atoms with E-state index in [1.807, 2.05) is 4.72 Å². The standard InChI is InChI=1S/C12H15NO6S/c1-2-5-20(18,19)13-9(12(16)17)6-8-3-4-10(14)11(15)7-8/h2-4,7,9,13-15H,1,5-6H2,(H,16,17)/t9-/m0/s1. The first-order chi connectivity index (χ1) is 9.25. The van der Waals surface area contributed by atoms with Gasteiger partial charge in [0, 0.05) is 0 Å². The van der Waals surface area contributed by atoms with Gasteiger partial charge in [-0.1, -0.05) is 12.1 Å². The molecule has 0 bridgehead atoms. The van der Waals surface area contributed by atoms with Crippen molar-refractivity contribution in [3.63, 3.8) is 0 Å². The second-order valence-corrected chi connectivity index (χ2v) is 5.90. The van der Waals surface area contributed by atoms with Gasteiger partial charge >= 0.3 is 5.97 Å². The molecule has 8 heteroatoms. The Labute approximate surface area is 116 Å². The maximum atomic E-state index is 11.5. The minimum Gasteiger partial charge on any atom is -0.504 e. The van der Waals surface area contributed by atoms with Gasteiger partial charge in [-0.2, -0.15) is 0 Å². The zero-order valence-electron chi connectivity index (χ0n) is 10.5. The van der Waals surface area contributed by atoms with Crippen LogP contribution in [0.1, 0.15) is 5.56 Å². The molecule has 0 fully saturated rings. The second kappa shape index (κ2) is 6.40. The lowest BCUT2D eigenvalue weighted by atomic mass is 10.1. The molecule has 0 radical (unpaired) electrons. The summed E-state index contributed by atoms with van der Waals surface area (Å²) in [6, 6.07) is 2.39. The molecule has 0 aromatic heterocycles. The summed E-state index contributed by atoms with van der Waals surface area (Å²) in [5.74, 6) is -2.48. The molecular formula is C12H15NO6S. The van der Waals surface area contributed by atoms with Gasteiger partial charge in [-0.25, -0.2) is 13.1 Å². The number of phenols is 2. The molecule has 1 rings (SSSR count). The first kappa shape index (κ1) is 16.0. The largest absolute Gasteiger partial charge is 0.504 e. The van der Waals surface area contributed by atoms with Gasteiger partial charge in [0.25, 0.3) is 0 Å². The number of hydrogen-bond donors (Lipinski definition) is 4.